The Labute approximate surface area is 128 Å². The molecule has 0 amide bonds. The second-order valence-electron chi connectivity index (χ2n) is 4.88. The lowest BCUT2D eigenvalue weighted by atomic mass is 10.1. The Balaban J connectivity index is 1.68. The minimum absolute atomic E-state index is 0.163. The minimum atomic E-state index is -0.163. The molecule has 0 aliphatic heterocycles. The number of thiophene rings is 1. The summed E-state index contributed by atoms with van der Waals surface area (Å²) >= 11 is 1.56. The predicted molar refractivity (Wildman–Crippen MR) is 86.7 cm³/mol. The molecule has 3 heteroatoms. The second-order valence-corrected chi connectivity index (χ2v) is 5.83. The third-order valence-corrected chi connectivity index (χ3v) is 4.22. The van der Waals surface area contributed by atoms with E-state index in [9.17, 15) is 4.39 Å². The van der Waals surface area contributed by atoms with Gasteiger partial charge >= 0.3 is 0 Å². The van der Waals surface area contributed by atoms with Gasteiger partial charge < -0.3 is 5.32 Å². The summed E-state index contributed by atoms with van der Waals surface area (Å²) in [6, 6.07) is 19.5. The van der Waals surface area contributed by atoms with Crippen molar-refractivity contribution >= 4 is 11.3 Å². The Morgan fingerprint density at radius 2 is 1.67 bits per heavy atom. The first-order chi connectivity index (χ1) is 10.3. The maximum Gasteiger partial charge on any atom is 0.131 e. The van der Waals surface area contributed by atoms with E-state index in [0.717, 1.165) is 23.5 Å². The van der Waals surface area contributed by atoms with Crippen LogP contribution in [0.4, 0.5) is 4.39 Å². The molecule has 0 saturated heterocycles. The smallest absolute Gasteiger partial charge is 0.131 e. The van der Waals surface area contributed by atoms with Crippen molar-refractivity contribution in [3.8, 4) is 10.4 Å². The van der Waals surface area contributed by atoms with Crippen molar-refractivity contribution < 1.29 is 4.39 Å². The molecule has 1 nitrogen and oxygen atoms in total. The highest BCUT2D eigenvalue weighted by atomic mass is 32.1. The minimum Gasteiger partial charge on any atom is -0.309 e. The first-order valence-corrected chi connectivity index (χ1v) is 7.78. The summed E-state index contributed by atoms with van der Waals surface area (Å²) in [5, 5.41) is 5.36. The number of rotatable bonds is 5. The molecule has 1 N–H and O–H groups in total. The van der Waals surface area contributed by atoms with Crippen LogP contribution < -0.4 is 5.32 Å². The number of hydrogen-bond donors (Lipinski definition) is 1. The maximum atomic E-state index is 13.9. The summed E-state index contributed by atoms with van der Waals surface area (Å²) < 4.78 is 13.9. The fourth-order valence-corrected chi connectivity index (χ4v) is 2.99. The van der Waals surface area contributed by atoms with Crippen LogP contribution in [0.5, 0.6) is 0 Å². The molecule has 0 saturated carbocycles. The lowest BCUT2D eigenvalue weighted by Crippen LogP contribution is -2.12. The molecule has 3 aromatic rings. The first-order valence-electron chi connectivity index (χ1n) is 6.90. The molecular weight excluding hydrogens is 281 g/mol. The molecule has 0 fully saturated rings. The van der Waals surface area contributed by atoms with Gasteiger partial charge in [-0.3, -0.25) is 0 Å². The van der Waals surface area contributed by atoms with E-state index in [1.54, 1.807) is 17.4 Å². The number of nitrogens with one attached hydrogen (secondary N) is 1. The predicted octanol–water partition coefficient (Wildman–Crippen LogP) is 4.84. The number of benzene rings is 2. The van der Waals surface area contributed by atoms with E-state index in [0.29, 0.717) is 5.56 Å². The van der Waals surface area contributed by atoms with E-state index >= 15 is 0 Å². The van der Waals surface area contributed by atoms with Crippen LogP contribution in [-0.4, -0.2) is 0 Å². The fourth-order valence-electron chi connectivity index (χ4n) is 2.25. The zero-order valence-corrected chi connectivity index (χ0v) is 12.4. The summed E-state index contributed by atoms with van der Waals surface area (Å²) in [5.41, 5.74) is 3.03. The summed E-state index contributed by atoms with van der Waals surface area (Å²) in [4.78, 5) is 0.970. The molecule has 0 atom stereocenters. The number of halogens is 1. The third kappa shape index (κ3) is 3.57. The van der Waals surface area contributed by atoms with Gasteiger partial charge in [0.15, 0.2) is 0 Å². The van der Waals surface area contributed by atoms with Crippen molar-refractivity contribution in [3.05, 3.63) is 83.0 Å². The lowest BCUT2D eigenvalue weighted by molar-refractivity contribution is 0.629. The van der Waals surface area contributed by atoms with Gasteiger partial charge in [-0.1, -0.05) is 42.5 Å². The van der Waals surface area contributed by atoms with Crippen molar-refractivity contribution in [1.82, 2.24) is 5.32 Å². The molecule has 0 unspecified atom stereocenters. The molecule has 0 bridgehead atoms. The fraction of sp³-hybridized carbons (Fsp3) is 0.111. The van der Waals surface area contributed by atoms with Crippen molar-refractivity contribution in [2.75, 3.05) is 0 Å². The van der Waals surface area contributed by atoms with E-state index in [4.69, 9.17) is 0 Å². The van der Waals surface area contributed by atoms with Crippen molar-refractivity contribution in [1.29, 1.82) is 0 Å². The average molecular weight is 297 g/mol. The molecule has 0 spiro atoms. The van der Waals surface area contributed by atoms with Crippen LogP contribution in [0.25, 0.3) is 10.4 Å². The van der Waals surface area contributed by atoms with Crippen LogP contribution in [0.2, 0.25) is 0 Å². The van der Waals surface area contributed by atoms with E-state index in [2.05, 4.69) is 17.4 Å². The Kier molecular flexibility index (Phi) is 4.43. The molecule has 0 aliphatic rings. The molecule has 3 rings (SSSR count). The van der Waals surface area contributed by atoms with Gasteiger partial charge in [0.2, 0.25) is 0 Å². The van der Waals surface area contributed by atoms with Crippen molar-refractivity contribution in [2.45, 2.75) is 13.1 Å². The third-order valence-electron chi connectivity index (χ3n) is 3.32. The normalized spacial score (nSPS) is 10.7. The quantitative estimate of drug-likeness (QED) is 0.710. The van der Waals surface area contributed by atoms with E-state index < -0.39 is 0 Å². The van der Waals surface area contributed by atoms with Crippen LogP contribution in [0.1, 0.15) is 11.1 Å². The lowest BCUT2D eigenvalue weighted by Gasteiger charge is -2.07. The van der Waals surface area contributed by atoms with Crippen molar-refractivity contribution in [3.63, 3.8) is 0 Å². The Bertz CT molecular complexity index is 693. The van der Waals surface area contributed by atoms with Crippen LogP contribution in [-0.2, 0) is 13.1 Å². The Hall–Kier alpha value is -1.97. The molecule has 2 aromatic carbocycles. The zero-order chi connectivity index (χ0) is 14.5. The van der Waals surface area contributed by atoms with Gasteiger partial charge in [0, 0.05) is 23.5 Å². The van der Waals surface area contributed by atoms with E-state index in [-0.39, 0.29) is 5.82 Å². The molecule has 21 heavy (non-hydrogen) atoms. The molecular formula is C18H16FNS. The largest absolute Gasteiger partial charge is 0.309 e. The van der Waals surface area contributed by atoms with E-state index in [1.807, 2.05) is 47.8 Å². The standard InChI is InChI=1S/C18H16FNS/c19-17-9-8-15(11-16(17)18-7-4-10-21-18)13-20-12-14-5-2-1-3-6-14/h1-11,20H,12-13H2. The molecule has 0 radical (unpaired) electrons. The summed E-state index contributed by atoms with van der Waals surface area (Å²) in [7, 11) is 0. The van der Waals surface area contributed by atoms with Gasteiger partial charge in [-0.2, -0.15) is 0 Å². The van der Waals surface area contributed by atoms with Gasteiger partial charge in [0.1, 0.15) is 5.82 Å². The Morgan fingerprint density at radius 3 is 2.43 bits per heavy atom. The van der Waals surface area contributed by atoms with Gasteiger partial charge in [-0.25, -0.2) is 4.39 Å². The van der Waals surface area contributed by atoms with Gasteiger partial charge in [-0.05, 0) is 34.7 Å². The highest BCUT2D eigenvalue weighted by Crippen LogP contribution is 2.28. The van der Waals surface area contributed by atoms with Crippen LogP contribution in [0.15, 0.2) is 66.0 Å². The first kappa shape index (κ1) is 14.0. The van der Waals surface area contributed by atoms with E-state index in [1.165, 1.54) is 5.56 Å². The second kappa shape index (κ2) is 6.66. The monoisotopic (exact) mass is 297 g/mol. The van der Waals surface area contributed by atoms with Crippen LogP contribution in [0, 0.1) is 5.82 Å². The molecule has 106 valence electrons. The highest BCUT2D eigenvalue weighted by molar-refractivity contribution is 7.13. The van der Waals surface area contributed by atoms with Crippen LogP contribution in [0.3, 0.4) is 0 Å². The topological polar surface area (TPSA) is 12.0 Å². The summed E-state index contributed by atoms with van der Waals surface area (Å²) in [6.45, 7) is 1.54. The molecule has 0 aliphatic carbocycles. The number of hydrogen-bond acceptors (Lipinski definition) is 2. The average Bonchev–Trinajstić information content (AvgIpc) is 3.04. The maximum absolute atomic E-state index is 13.9. The molecule has 1 heterocycles. The summed E-state index contributed by atoms with van der Waals surface area (Å²) in [6.07, 6.45) is 0. The van der Waals surface area contributed by atoms with Gasteiger partial charge in [-0.15, -0.1) is 11.3 Å². The zero-order valence-electron chi connectivity index (χ0n) is 11.6. The van der Waals surface area contributed by atoms with Crippen LogP contribution >= 0.6 is 11.3 Å². The molecule has 1 aromatic heterocycles. The highest BCUT2D eigenvalue weighted by Gasteiger charge is 2.07. The summed E-state index contributed by atoms with van der Waals surface area (Å²) in [5.74, 6) is -0.163. The van der Waals surface area contributed by atoms with Gasteiger partial charge in [0.05, 0.1) is 0 Å². The Morgan fingerprint density at radius 1 is 0.857 bits per heavy atom. The SMILES string of the molecule is Fc1ccc(CNCc2ccccc2)cc1-c1cccs1. The van der Waals surface area contributed by atoms with Crippen molar-refractivity contribution in [2.24, 2.45) is 0 Å². The van der Waals surface area contributed by atoms with Gasteiger partial charge in [0.25, 0.3) is 0 Å².